The molecule has 0 aliphatic carbocycles. The van der Waals surface area contributed by atoms with Crippen LogP contribution in [-0.4, -0.2) is 62.2 Å². The topological polar surface area (TPSA) is 18.5 Å². The molecule has 2 unspecified atom stereocenters. The van der Waals surface area contributed by atoms with Gasteiger partial charge in [0.2, 0.25) is 0 Å². The second-order valence-electron chi connectivity index (χ2n) is 6.19. The van der Waals surface area contributed by atoms with E-state index in [1.54, 1.807) is 0 Å². The summed E-state index contributed by atoms with van der Waals surface area (Å²) in [5.41, 5.74) is 0. The molecule has 0 aromatic carbocycles. The molecule has 1 N–H and O–H groups in total. The molecule has 106 valence electrons. The molecule has 2 aliphatic heterocycles. The van der Waals surface area contributed by atoms with Crippen molar-refractivity contribution in [3.63, 3.8) is 0 Å². The maximum Gasteiger partial charge on any atom is 0.0223 e. The Hall–Kier alpha value is -0.120. The second-order valence-corrected chi connectivity index (χ2v) is 6.19. The summed E-state index contributed by atoms with van der Waals surface area (Å²) in [6.07, 6.45) is 7.00. The molecule has 2 atom stereocenters. The van der Waals surface area contributed by atoms with Crippen LogP contribution in [0.25, 0.3) is 0 Å². The minimum absolute atomic E-state index is 0.827. The van der Waals surface area contributed by atoms with E-state index in [1.165, 1.54) is 71.4 Å². The van der Waals surface area contributed by atoms with Crippen LogP contribution < -0.4 is 5.32 Å². The number of hydrogen-bond donors (Lipinski definition) is 1. The van der Waals surface area contributed by atoms with Crippen LogP contribution in [0.3, 0.4) is 0 Å². The minimum Gasteiger partial charge on any atom is -0.316 e. The third-order valence-corrected chi connectivity index (χ3v) is 4.74. The van der Waals surface area contributed by atoms with Crippen LogP contribution in [0.4, 0.5) is 0 Å². The summed E-state index contributed by atoms with van der Waals surface area (Å²) in [5, 5.41) is 3.46. The first-order chi connectivity index (χ1) is 8.79. The van der Waals surface area contributed by atoms with Crippen molar-refractivity contribution in [3.05, 3.63) is 0 Å². The lowest BCUT2D eigenvalue weighted by Crippen LogP contribution is -2.39. The number of rotatable bonds is 7. The van der Waals surface area contributed by atoms with Crippen molar-refractivity contribution in [2.24, 2.45) is 5.92 Å². The van der Waals surface area contributed by atoms with Crippen molar-refractivity contribution in [1.29, 1.82) is 0 Å². The van der Waals surface area contributed by atoms with Crippen LogP contribution in [0.15, 0.2) is 0 Å². The van der Waals surface area contributed by atoms with E-state index in [4.69, 9.17) is 0 Å². The Morgan fingerprint density at radius 1 is 1.33 bits per heavy atom. The standard InChI is InChI=1S/C15H31N3/c1-3-18-11-5-7-15(18)13-17(2)10-4-6-14-8-9-16-12-14/h14-16H,3-13H2,1-2H3. The molecule has 0 spiro atoms. The third kappa shape index (κ3) is 4.22. The lowest BCUT2D eigenvalue weighted by atomic mass is 10.0. The summed E-state index contributed by atoms with van der Waals surface area (Å²) in [4.78, 5) is 5.21. The van der Waals surface area contributed by atoms with E-state index in [0.717, 1.165) is 12.0 Å². The summed E-state index contributed by atoms with van der Waals surface area (Å²) in [7, 11) is 2.30. The molecule has 0 aromatic heterocycles. The van der Waals surface area contributed by atoms with E-state index >= 15 is 0 Å². The third-order valence-electron chi connectivity index (χ3n) is 4.74. The monoisotopic (exact) mass is 253 g/mol. The highest BCUT2D eigenvalue weighted by Gasteiger charge is 2.23. The first kappa shape index (κ1) is 14.3. The van der Waals surface area contributed by atoms with Crippen LogP contribution in [-0.2, 0) is 0 Å². The Kier molecular flexibility index (Phi) is 5.93. The number of hydrogen-bond acceptors (Lipinski definition) is 3. The summed E-state index contributed by atoms with van der Waals surface area (Å²) < 4.78 is 0. The van der Waals surface area contributed by atoms with E-state index in [2.05, 4.69) is 29.1 Å². The van der Waals surface area contributed by atoms with Crippen molar-refractivity contribution >= 4 is 0 Å². The zero-order valence-electron chi connectivity index (χ0n) is 12.3. The van der Waals surface area contributed by atoms with Crippen molar-refractivity contribution in [2.45, 2.75) is 45.1 Å². The Morgan fingerprint density at radius 3 is 2.94 bits per heavy atom. The summed E-state index contributed by atoms with van der Waals surface area (Å²) in [6.45, 7) is 9.91. The predicted molar refractivity (Wildman–Crippen MR) is 78.0 cm³/mol. The van der Waals surface area contributed by atoms with Crippen LogP contribution in [0, 0.1) is 5.92 Å². The average molecular weight is 253 g/mol. The number of likely N-dealkylation sites (N-methyl/N-ethyl adjacent to an activating group) is 2. The summed E-state index contributed by atoms with van der Waals surface area (Å²) >= 11 is 0. The molecular formula is C15H31N3. The molecule has 18 heavy (non-hydrogen) atoms. The van der Waals surface area contributed by atoms with E-state index in [9.17, 15) is 0 Å². The highest BCUT2D eigenvalue weighted by Crippen LogP contribution is 2.18. The van der Waals surface area contributed by atoms with Crippen LogP contribution in [0.2, 0.25) is 0 Å². The number of nitrogens with one attached hydrogen (secondary N) is 1. The lowest BCUT2D eigenvalue weighted by Gasteiger charge is -2.27. The Morgan fingerprint density at radius 2 is 2.22 bits per heavy atom. The van der Waals surface area contributed by atoms with E-state index in [0.29, 0.717) is 0 Å². The minimum atomic E-state index is 0.827. The smallest absolute Gasteiger partial charge is 0.0223 e. The molecular weight excluding hydrogens is 222 g/mol. The van der Waals surface area contributed by atoms with Gasteiger partial charge in [0, 0.05) is 12.6 Å². The molecule has 2 heterocycles. The Labute approximate surface area is 113 Å². The molecule has 2 fully saturated rings. The maximum absolute atomic E-state index is 3.46. The quantitative estimate of drug-likeness (QED) is 0.746. The molecule has 0 aromatic rings. The molecule has 2 saturated heterocycles. The van der Waals surface area contributed by atoms with Crippen molar-refractivity contribution in [1.82, 2.24) is 15.1 Å². The normalized spacial score (nSPS) is 29.5. The number of nitrogens with zero attached hydrogens (tertiary/aromatic N) is 2. The molecule has 0 bridgehead atoms. The van der Waals surface area contributed by atoms with Gasteiger partial charge in [-0.25, -0.2) is 0 Å². The van der Waals surface area contributed by atoms with Gasteiger partial charge >= 0.3 is 0 Å². The molecule has 0 saturated carbocycles. The van der Waals surface area contributed by atoms with Gasteiger partial charge in [0.15, 0.2) is 0 Å². The van der Waals surface area contributed by atoms with Crippen molar-refractivity contribution in [3.8, 4) is 0 Å². The second kappa shape index (κ2) is 7.46. The average Bonchev–Trinajstić information content (AvgIpc) is 3.00. The predicted octanol–water partition coefficient (Wildman–Crippen LogP) is 1.79. The molecule has 0 amide bonds. The summed E-state index contributed by atoms with van der Waals surface area (Å²) in [5.74, 6) is 0.956. The number of likely N-dealkylation sites (tertiary alicyclic amines) is 1. The van der Waals surface area contributed by atoms with E-state index in [-0.39, 0.29) is 0 Å². The molecule has 0 radical (unpaired) electrons. The summed E-state index contributed by atoms with van der Waals surface area (Å²) in [6, 6.07) is 0.827. The van der Waals surface area contributed by atoms with Crippen LogP contribution in [0.1, 0.15) is 39.0 Å². The zero-order valence-corrected chi connectivity index (χ0v) is 12.3. The van der Waals surface area contributed by atoms with Crippen molar-refractivity contribution < 1.29 is 0 Å². The molecule has 3 nitrogen and oxygen atoms in total. The van der Waals surface area contributed by atoms with Crippen LogP contribution in [0.5, 0.6) is 0 Å². The SMILES string of the molecule is CCN1CCCC1CN(C)CCCC1CCNC1. The highest BCUT2D eigenvalue weighted by molar-refractivity contribution is 4.80. The molecule has 2 aliphatic rings. The largest absolute Gasteiger partial charge is 0.316 e. The van der Waals surface area contributed by atoms with Gasteiger partial charge in [-0.1, -0.05) is 6.92 Å². The fourth-order valence-corrected chi connectivity index (χ4v) is 3.58. The lowest BCUT2D eigenvalue weighted by molar-refractivity contribution is 0.195. The van der Waals surface area contributed by atoms with E-state index in [1.807, 2.05) is 0 Å². The molecule has 3 heteroatoms. The molecule has 2 rings (SSSR count). The van der Waals surface area contributed by atoms with Gasteiger partial charge in [0.25, 0.3) is 0 Å². The van der Waals surface area contributed by atoms with Gasteiger partial charge in [-0.15, -0.1) is 0 Å². The van der Waals surface area contributed by atoms with Crippen molar-refractivity contribution in [2.75, 3.05) is 46.3 Å². The Bertz CT molecular complexity index is 226. The van der Waals surface area contributed by atoms with Gasteiger partial charge in [-0.2, -0.15) is 0 Å². The fraction of sp³-hybridized carbons (Fsp3) is 1.00. The Balaban J connectivity index is 1.57. The van der Waals surface area contributed by atoms with Crippen LogP contribution >= 0.6 is 0 Å². The first-order valence-corrected chi connectivity index (χ1v) is 7.93. The zero-order chi connectivity index (χ0) is 12.8. The maximum atomic E-state index is 3.46. The van der Waals surface area contributed by atoms with Gasteiger partial charge in [0.1, 0.15) is 0 Å². The van der Waals surface area contributed by atoms with Gasteiger partial charge < -0.3 is 10.2 Å². The first-order valence-electron chi connectivity index (χ1n) is 7.93. The van der Waals surface area contributed by atoms with Gasteiger partial charge in [-0.3, -0.25) is 4.90 Å². The van der Waals surface area contributed by atoms with Gasteiger partial charge in [-0.05, 0) is 77.8 Å². The van der Waals surface area contributed by atoms with Gasteiger partial charge in [0.05, 0.1) is 0 Å². The van der Waals surface area contributed by atoms with E-state index < -0.39 is 0 Å². The fourth-order valence-electron chi connectivity index (χ4n) is 3.58. The highest BCUT2D eigenvalue weighted by atomic mass is 15.2.